The largest absolute Gasteiger partial charge is 0.455 e. The first-order valence-electron chi connectivity index (χ1n) is 7.18. The number of nitro benzene ring substituents is 1. The summed E-state index contributed by atoms with van der Waals surface area (Å²) in [5.74, 6) is 0.250. The molecule has 10 heteroatoms. The Morgan fingerprint density at radius 3 is 2.85 bits per heavy atom. The van der Waals surface area contributed by atoms with E-state index >= 15 is 0 Å². The van der Waals surface area contributed by atoms with Crippen molar-refractivity contribution < 1.29 is 14.1 Å². The van der Waals surface area contributed by atoms with Crippen LogP contribution in [-0.2, 0) is 0 Å². The van der Waals surface area contributed by atoms with E-state index in [9.17, 15) is 14.9 Å². The van der Waals surface area contributed by atoms with E-state index in [0.717, 1.165) is 0 Å². The van der Waals surface area contributed by atoms with Crippen molar-refractivity contribution in [3.63, 3.8) is 0 Å². The molecule has 26 heavy (non-hydrogen) atoms. The molecule has 3 rings (SSSR count). The Bertz CT molecular complexity index is 987. The number of non-ortho nitro benzene ring substituents is 1. The van der Waals surface area contributed by atoms with Gasteiger partial charge in [0, 0.05) is 30.1 Å². The quantitative estimate of drug-likeness (QED) is 0.417. The average molecular weight is 372 g/mol. The fourth-order valence-corrected chi connectivity index (χ4v) is 2.28. The maximum absolute atomic E-state index is 11.8. The van der Waals surface area contributed by atoms with Gasteiger partial charge in [-0.05, 0) is 18.2 Å². The van der Waals surface area contributed by atoms with Gasteiger partial charge in [-0.1, -0.05) is 11.6 Å². The number of halogens is 1. The molecule has 2 heterocycles. The number of hydrazone groups is 1. The van der Waals surface area contributed by atoms with E-state index in [1.807, 2.05) is 0 Å². The highest BCUT2D eigenvalue weighted by Crippen LogP contribution is 2.31. The molecular weight excluding hydrogens is 362 g/mol. The second-order valence-corrected chi connectivity index (χ2v) is 5.32. The summed E-state index contributed by atoms with van der Waals surface area (Å²) in [6.07, 6.45) is 5.46. The third kappa shape index (κ3) is 3.90. The number of nitrogens with one attached hydrogen (secondary N) is 1. The first-order valence-corrected chi connectivity index (χ1v) is 7.56. The third-order valence-electron chi connectivity index (χ3n) is 3.21. The van der Waals surface area contributed by atoms with E-state index in [1.54, 1.807) is 12.1 Å². The molecule has 0 aliphatic rings. The van der Waals surface area contributed by atoms with E-state index in [-0.39, 0.29) is 16.4 Å². The summed E-state index contributed by atoms with van der Waals surface area (Å²) in [7, 11) is 0. The van der Waals surface area contributed by atoms with Crippen LogP contribution in [0.15, 0.2) is 58.4 Å². The molecule has 0 spiro atoms. The average Bonchev–Trinajstić information content (AvgIpc) is 3.10. The summed E-state index contributed by atoms with van der Waals surface area (Å²) in [6.45, 7) is 0. The zero-order chi connectivity index (χ0) is 18.5. The lowest BCUT2D eigenvalue weighted by Gasteiger charge is -2.00. The second-order valence-electron chi connectivity index (χ2n) is 4.91. The molecule has 130 valence electrons. The topological polar surface area (TPSA) is 124 Å². The van der Waals surface area contributed by atoms with Crippen LogP contribution in [0.2, 0.25) is 5.02 Å². The second kappa shape index (κ2) is 7.53. The molecule has 1 N–H and O–H groups in total. The molecule has 0 atom stereocenters. The highest BCUT2D eigenvalue weighted by atomic mass is 35.5. The number of carbonyl (C=O) groups is 1. The number of hydrogen-bond donors (Lipinski definition) is 1. The van der Waals surface area contributed by atoms with E-state index in [1.165, 1.54) is 43.0 Å². The van der Waals surface area contributed by atoms with Gasteiger partial charge in [0.2, 0.25) is 0 Å². The summed E-state index contributed by atoms with van der Waals surface area (Å²) in [5, 5.41) is 14.7. The molecule has 0 radical (unpaired) electrons. The summed E-state index contributed by atoms with van der Waals surface area (Å²) in [5.41, 5.74) is 2.81. The van der Waals surface area contributed by atoms with E-state index < -0.39 is 10.8 Å². The van der Waals surface area contributed by atoms with Crippen LogP contribution in [0.1, 0.15) is 16.2 Å². The molecule has 0 saturated heterocycles. The standard InChI is InChI=1S/C16H10ClN5O4/c17-13-7-10(22(24)25)1-3-12(13)15-4-2-11(26-15)8-20-21-16(23)14-9-18-5-6-19-14/h1-9H,(H,21,23)/b20-8+. The predicted octanol–water partition coefficient (Wildman–Crippen LogP) is 3.06. The van der Waals surface area contributed by atoms with Gasteiger partial charge in [0.1, 0.15) is 17.2 Å². The number of nitrogens with zero attached hydrogens (tertiary/aromatic N) is 4. The molecular formula is C16H10ClN5O4. The number of hydrogen-bond acceptors (Lipinski definition) is 7. The van der Waals surface area contributed by atoms with Crippen LogP contribution in [0.3, 0.4) is 0 Å². The first kappa shape index (κ1) is 17.2. The van der Waals surface area contributed by atoms with Gasteiger partial charge in [-0.25, -0.2) is 10.4 Å². The molecule has 1 amide bonds. The van der Waals surface area contributed by atoms with Crippen molar-refractivity contribution in [1.82, 2.24) is 15.4 Å². The minimum Gasteiger partial charge on any atom is -0.455 e. The van der Waals surface area contributed by atoms with E-state index in [2.05, 4.69) is 20.5 Å². The Morgan fingerprint density at radius 2 is 2.15 bits per heavy atom. The fourth-order valence-electron chi connectivity index (χ4n) is 2.01. The van der Waals surface area contributed by atoms with Crippen LogP contribution >= 0.6 is 11.6 Å². The molecule has 0 bridgehead atoms. The molecule has 9 nitrogen and oxygen atoms in total. The lowest BCUT2D eigenvalue weighted by Crippen LogP contribution is -2.18. The Balaban J connectivity index is 1.70. The smallest absolute Gasteiger partial charge is 0.291 e. The maximum atomic E-state index is 11.8. The van der Waals surface area contributed by atoms with E-state index in [0.29, 0.717) is 17.1 Å². The lowest BCUT2D eigenvalue weighted by molar-refractivity contribution is -0.384. The zero-order valence-electron chi connectivity index (χ0n) is 13.0. The highest BCUT2D eigenvalue weighted by Gasteiger charge is 2.13. The third-order valence-corrected chi connectivity index (χ3v) is 3.52. The Morgan fingerprint density at radius 1 is 1.31 bits per heavy atom. The number of nitro groups is 1. The predicted molar refractivity (Wildman–Crippen MR) is 92.9 cm³/mol. The van der Waals surface area contributed by atoms with Gasteiger partial charge in [0.15, 0.2) is 0 Å². The molecule has 0 fully saturated rings. The van der Waals surface area contributed by atoms with Crippen LogP contribution in [-0.4, -0.2) is 27.0 Å². The molecule has 0 aliphatic carbocycles. The highest BCUT2D eigenvalue weighted by molar-refractivity contribution is 6.33. The van der Waals surface area contributed by atoms with E-state index in [4.69, 9.17) is 16.0 Å². The van der Waals surface area contributed by atoms with Gasteiger partial charge in [-0.15, -0.1) is 0 Å². The number of amides is 1. The van der Waals surface area contributed by atoms with Gasteiger partial charge < -0.3 is 4.42 Å². The van der Waals surface area contributed by atoms with Gasteiger partial charge >= 0.3 is 0 Å². The summed E-state index contributed by atoms with van der Waals surface area (Å²) in [6, 6.07) is 7.33. The molecule has 3 aromatic rings. The lowest BCUT2D eigenvalue weighted by atomic mass is 10.1. The summed E-state index contributed by atoms with van der Waals surface area (Å²) in [4.78, 5) is 29.6. The van der Waals surface area contributed by atoms with Crippen molar-refractivity contribution >= 4 is 29.4 Å². The summed E-state index contributed by atoms with van der Waals surface area (Å²) < 4.78 is 5.56. The van der Waals surface area contributed by atoms with Crippen molar-refractivity contribution in [2.75, 3.05) is 0 Å². The zero-order valence-corrected chi connectivity index (χ0v) is 13.8. The van der Waals surface area contributed by atoms with Crippen molar-refractivity contribution in [2.24, 2.45) is 5.10 Å². The van der Waals surface area contributed by atoms with Crippen molar-refractivity contribution in [1.29, 1.82) is 0 Å². The van der Waals surface area contributed by atoms with Crippen LogP contribution in [0.25, 0.3) is 11.3 Å². The van der Waals surface area contributed by atoms with Crippen molar-refractivity contribution in [2.45, 2.75) is 0 Å². The molecule has 0 unspecified atom stereocenters. The first-order chi connectivity index (χ1) is 12.5. The fraction of sp³-hybridized carbons (Fsp3) is 0. The van der Waals surface area contributed by atoms with Crippen LogP contribution < -0.4 is 5.43 Å². The maximum Gasteiger partial charge on any atom is 0.291 e. The minimum absolute atomic E-state index is 0.112. The van der Waals surface area contributed by atoms with Crippen molar-refractivity contribution in [3.8, 4) is 11.3 Å². The normalized spacial score (nSPS) is 10.8. The van der Waals surface area contributed by atoms with Gasteiger partial charge in [-0.3, -0.25) is 19.9 Å². The SMILES string of the molecule is O=C(N/N=C/c1ccc(-c2ccc([N+](=O)[O-])cc2Cl)o1)c1cnccn1. The monoisotopic (exact) mass is 371 g/mol. The molecule has 0 aliphatic heterocycles. The van der Waals surface area contributed by atoms with Crippen LogP contribution in [0.5, 0.6) is 0 Å². The number of rotatable bonds is 5. The summed E-state index contributed by atoms with van der Waals surface area (Å²) >= 11 is 6.06. The van der Waals surface area contributed by atoms with Crippen molar-refractivity contribution in [3.05, 3.63) is 75.5 Å². The van der Waals surface area contributed by atoms with Crippen LogP contribution in [0.4, 0.5) is 5.69 Å². The van der Waals surface area contributed by atoms with Gasteiger partial charge in [-0.2, -0.15) is 5.10 Å². The number of furan rings is 1. The Hall–Kier alpha value is -3.59. The number of carbonyl (C=O) groups excluding carboxylic acids is 1. The number of aromatic nitrogens is 2. The minimum atomic E-state index is -0.532. The molecule has 0 saturated carbocycles. The molecule has 1 aromatic carbocycles. The molecule has 2 aromatic heterocycles. The number of benzene rings is 1. The Labute approximate surface area is 151 Å². The van der Waals surface area contributed by atoms with Gasteiger partial charge in [0.05, 0.1) is 22.4 Å². The van der Waals surface area contributed by atoms with Crippen LogP contribution in [0, 0.1) is 10.1 Å². The van der Waals surface area contributed by atoms with Gasteiger partial charge in [0.25, 0.3) is 11.6 Å². The Kier molecular flexibility index (Phi) is 4.99.